The van der Waals surface area contributed by atoms with E-state index in [1.165, 1.54) is 6.92 Å². The molecule has 6 aromatic rings. The third-order valence-corrected chi connectivity index (χ3v) is 13.8. The van der Waals surface area contributed by atoms with Gasteiger partial charge in [-0.1, -0.05) is 29.4 Å². The molecule has 358 valence electrons. The van der Waals surface area contributed by atoms with Gasteiger partial charge in [-0.2, -0.15) is 30.4 Å². The third kappa shape index (κ3) is 16.3. The van der Waals surface area contributed by atoms with Crippen molar-refractivity contribution in [2.24, 2.45) is 20.5 Å². The van der Waals surface area contributed by atoms with Gasteiger partial charge in [0.2, 0.25) is 0 Å². The van der Waals surface area contributed by atoms with Crippen LogP contribution in [0.1, 0.15) is 27.6 Å². The van der Waals surface area contributed by atoms with Crippen LogP contribution < -0.4 is 212 Å². The largest absolute Gasteiger partial charge is 1.00 e. The number of hydrogen-bond donors (Lipinski definition) is 4. The topological polar surface area (TPSA) is 475 Å². The molecular formula is C36H21N5Na6O22S5. The summed E-state index contributed by atoms with van der Waals surface area (Å²) in [7, 11) is -26.8. The number of aromatic carboxylic acids is 2. The van der Waals surface area contributed by atoms with Crippen molar-refractivity contribution in [2.45, 2.75) is 31.4 Å². The molecule has 0 atom stereocenters. The Kier molecular flexibility index (Phi) is 27.1. The van der Waals surface area contributed by atoms with E-state index in [4.69, 9.17) is 4.74 Å². The molecule has 0 aromatic heterocycles. The van der Waals surface area contributed by atoms with Gasteiger partial charge in [0.05, 0.1) is 60.9 Å². The number of fused-ring (bicyclic) bond motifs is 2. The number of carbonyl (C=O) groups is 2. The Labute approximate surface area is 551 Å². The minimum Gasteiger partial charge on any atom is -0.872 e. The number of carboxylic acids is 2. The zero-order chi connectivity index (χ0) is 50.6. The molecule has 38 heteroatoms. The summed E-state index contributed by atoms with van der Waals surface area (Å²) in [5.41, 5.74) is -6.65. The maximum atomic E-state index is 14.3. The van der Waals surface area contributed by atoms with Crippen LogP contribution in [0.4, 0.5) is 28.4 Å². The Morgan fingerprint density at radius 2 is 1.15 bits per heavy atom. The molecule has 0 aliphatic rings. The van der Waals surface area contributed by atoms with Crippen LogP contribution in [0.2, 0.25) is 0 Å². The van der Waals surface area contributed by atoms with Crippen LogP contribution >= 0.6 is 0 Å². The van der Waals surface area contributed by atoms with Crippen LogP contribution in [0.3, 0.4) is 0 Å². The van der Waals surface area contributed by atoms with Crippen molar-refractivity contribution in [1.29, 1.82) is 0 Å². The van der Waals surface area contributed by atoms with Crippen LogP contribution in [0.15, 0.2) is 118 Å². The molecule has 0 amide bonds. The zero-order valence-electron chi connectivity index (χ0n) is 39.1. The summed E-state index contributed by atoms with van der Waals surface area (Å²) < 4.78 is 174. The first-order valence-electron chi connectivity index (χ1n) is 17.7. The second-order valence-corrected chi connectivity index (χ2v) is 20.7. The Hall–Kier alpha value is -1.43. The minimum absolute atomic E-state index is 0. The SMILES string of the molecule is CCOc1cc(N=Nc2cc(C(=O)[O-])c([O-])c(S(=O)(=O)O)c2)c2cc(S(=O)(=O)[O-])ccc2c1N=Nc1c(S(=O)(=O)O)cc2cc(S(=O)(=O)O)cc(NS(=O)(=O)c3ccc([O-])c(C(=O)[O-])c3)c2c1[O-].[Na+].[Na+].[Na+].[Na+].[Na+].[Na+]. The number of azo groups is 2. The predicted molar refractivity (Wildman–Crippen MR) is 216 cm³/mol. The molecule has 0 aliphatic heterocycles. The van der Waals surface area contributed by atoms with Gasteiger partial charge >= 0.3 is 177 Å². The molecule has 6 rings (SSSR count). The molecule has 27 nitrogen and oxygen atoms in total. The van der Waals surface area contributed by atoms with E-state index in [-0.39, 0.29) is 189 Å². The first-order chi connectivity index (χ1) is 31.3. The molecule has 6 aromatic carbocycles. The van der Waals surface area contributed by atoms with E-state index >= 15 is 0 Å². The molecule has 0 fully saturated rings. The third-order valence-electron chi connectivity index (χ3n) is 9.08. The maximum absolute atomic E-state index is 14.3. The van der Waals surface area contributed by atoms with Crippen molar-refractivity contribution in [3.63, 3.8) is 0 Å². The summed E-state index contributed by atoms with van der Waals surface area (Å²) in [6.45, 7) is 1.13. The Morgan fingerprint density at radius 1 is 0.581 bits per heavy atom. The van der Waals surface area contributed by atoms with E-state index in [9.17, 15) is 95.4 Å². The maximum Gasteiger partial charge on any atom is 1.00 e. The second kappa shape index (κ2) is 27.6. The van der Waals surface area contributed by atoms with Crippen molar-refractivity contribution in [1.82, 2.24) is 0 Å². The molecule has 0 bridgehead atoms. The van der Waals surface area contributed by atoms with Crippen molar-refractivity contribution >= 4 is 112 Å². The van der Waals surface area contributed by atoms with Crippen LogP contribution in [0, 0.1) is 0 Å². The summed E-state index contributed by atoms with van der Waals surface area (Å²) >= 11 is 0. The Balaban J connectivity index is 0.00000888. The van der Waals surface area contributed by atoms with E-state index in [0.717, 1.165) is 18.2 Å². The zero-order valence-corrected chi connectivity index (χ0v) is 55.1. The molecule has 0 aliphatic carbocycles. The number of ether oxygens (including phenoxy) is 1. The molecular weight excluding hydrogens is 1150 g/mol. The number of rotatable bonds is 15. The quantitative estimate of drug-likeness (QED) is 0.0421. The molecule has 0 saturated heterocycles. The van der Waals surface area contributed by atoms with Gasteiger partial charge in [0.1, 0.15) is 26.5 Å². The average molecular weight is 1170 g/mol. The molecule has 0 heterocycles. The smallest absolute Gasteiger partial charge is 0.872 e. The van der Waals surface area contributed by atoms with Crippen LogP contribution in [0.25, 0.3) is 21.5 Å². The van der Waals surface area contributed by atoms with Gasteiger partial charge in [-0.15, -0.1) is 15.3 Å². The molecule has 0 radical (unpaired) electrons. The van der Waals surface area contributed by atoms with Crippen LogP contribution in [-0.4, -0.2) is 78.8 Å². The normalized spacial score (nSPS) is 11.8. The molecule has 0 saturated carbocycles. The van der Waals surface area contributed by atoms with Gasteiger partial charge in [0.15, 0.2) is 0 Å². The molecule has 4 N–H and O–H groups in total. The predicted octanol–water partition coefficient (Wildman–Crippen LogP) is -17.4. The van der Waals surface area contributed by atoms with E-state index in [0.29, 0.717) is 54.6 Å². The first kappa shape index (κ1) is 72.6. The Morgan fingerprint density at radius 3 is 1.68 bits per heavy atom. The fourth-order valence-corrected chi connectivity index (χ4v) is 9.55. The monoisotopic (exact) mass is 1170 g/mol. The van der Waals surface area contributed by atoms with Crippen LogP contribution in [-0.2, 0) is 50.5 Å². The molecule has 0 spiro atoms. The first-order valence-corrected chi connectivity index (χ1v) is 24.9. The van der Waals surface area contributed by atoms with Crippen molar-refractivity contribution in [2.75, 3.05) is 11.3 Å². The van der Waals surface area contributed by atoms with E-state index in [1.807, 2.05) is 0 Å². The summed E-state index contributed by atoms with van der Waals surface area (Å²) in [5.74, 6) is -9.29. The standard InChI is InChI=1S/C36H27N5O22S5.6Na/c1-2-63-27-14-24(38-37-16-9-23(36(47)48)33(43)29(10-16)68(60,61)62)21-12-18(65(51,52)53)3-5-20(21)31(27)39-40-32-28(67(57,58)59)8-15-7-19(66(54,55)56)13-25(30(15)34(32)44)41-64(49,50)17-4-6-26(42)22(11-17)35(45)46;;;;;;/h3-14,41-44H,2H2,1H3,(H,45,46)(H,47,48)(H,51,52,53)(H,54,55,56)(H,57,58,59)(H,60,61,62);;;;;;/q;6*+1/p-6. The van der Waals surface area contributed by atoms with Gasteiger partial charge in [-0.3, -0.25) is 18.4 Å². The number of sulfonamides is 1. The van der Waals surface area contributed by atoms with E-state index in [1.54, 1.807) is 4.72 Å². The van der Waals surface area contributed by atoms with Gasteiger partial charge < -0.3 is 44.4 Å². The van der Waals surface area contributed by atoms with Crippen molar-refractivity contribution in [3.8, 4) is 23.0 Å². The fraction of sp³-hybridized carbons (Fsp3) is 0.0556. The number of carboxylic acid groups (broad SMARTS) is 2. The van der Waals surface area contributed by atoms with Gasteiger partial charge in [-0.05, 0) is 78.0 Å². The number of nitrogens with zero attached hydrogens (tertiary/aromatic N) is 4. The molecule has 74 heavy (non-hydrogen) atoms. The fourth-order valence-electron chi connectivity index (χ4n) is 6.16. The summed E-state index contributed by atoms with van der Waals surface area (Å²) in [5, 5.41) is 74.3. The number of nitrogens with one attached hydrogen (secondary N) is 1. The van der Waals surface area contributed by atoms with E-state index < -0.39 is 166 Å². The van der Waals surface area contributed by atoms with Gasteiger partial charge in [0.25, 0.3) is 40.4 Å². The number of carbonyl (C=O) groups excluding carboxylic acids is 2. The minimum atomic E-state index is -5.63. The van der Waals surface area contributed by atoms with E-state index in [2.05, 4.69) is 20.5 Å². The van der Waals surface area contributed by atoms with Crippen molar-refractivity contribution in [3.05, 3.63) is 83.9 Å². The van der Waals surface area contributed by atoms with Crippen molar-refractivity contribution < 1.29 is 278 Å². The number of benzene rings is 6. The Bertz CT molecular complexity index is 3870. The van der Waals surface area contributed by atoms with Gasteiger partial charge in [-0.25, -0.2) is 16.8 Å². The van der Waals surface area contributed by atoms with Gasteiger partial charge in [0, 0.05) is 22.2 Å². The van der Waals surface area contributed by atoms with Crippen LogP contribution in [0.5, 0.6) is 23.0 Å². The second-order valence-electron chi connectivity index (χ2n) is 13.4. The molecule has 0 unspecified atom stereocenters. The average Bonchev–Trinajstić information content (AvgIpc) is 3.21. The summed E-state index contributed by atoms with van der Waals surface area (Å²) in [6, 6.07) is 6.83. The summed E-state index contributed by atoms with van der Waals surface area (Å²) in [4.78, 5) is 17.1. The number of anilines is 1. The summed E-state index contributed by atoms with van der Waals surface area (Å²) in [6.07, 6.45) is 0. The number of hydrogen-bond acceptors (Lipinski definition) is 23.